The minimum atomic E-state index is -3.56. The van der Waals surface area contributed by atoms with Gasteiger partial charge in [0.05, 0.1) is 4.90 Å². The number of rotatable bonds is 5. The lowest BCUT2D eigenvalue weighted by Crippen LogP contribution is -2.41. The van der Waals surface area contributed by atoms with Gasteiger partial charge in [0.15, 0.2) is 0 Å². The molecule has 168 valence electrons. The number of hydrogen-bond acceptors (Lipinski definition) is 4. The van der Waals surface area contributed by atoms with Gasteiger partial charge < -0.3 is 9.30 Å². The number of sulfonamides is 1. The lowest BCUT2D eigenvalue weighted by molar-refractivity contribution is 0.134. The predicted molar refractivity (Wildman–Crippen MR) is 125 cm³/mol. The van der Waals surface area contributed by atoms with Crippen LogP contribution >= 0.6 is 0 Å². The number of aryl methyl sites for hydroxylation is 2. The molecule has 6 nitrogen and oxygen atoms in total. The van der Waals surface area contributed by atoms with Gasteiger partial charge in [-0.15, -0.1) is 0 Å². The van der Waals surface area contributed by atoms with Crippen molar-refractivity contribution in [2.75, 3.05) is 13.1 Å². The van der Waals surface area contributed by atoms with Gasteiger partial charge >= 0.3 is 0 Å². The van der Waals surface area contributed by atoms with Crippen molar-refractivity contribution in [3.8, 4) is 16.9 Å². The number of hydrogen-bond donors (Lipinski definition) is 0. The summed E-state index contributed by atoms with van der Waals surface area (Å²) in [5, 5.41) is 0. The number of nitrogens with zero attached hydrogens (tertiary/aromatic N) is 2. The molecular weight excluding hydrogens is 424 g/mol. The Hall–Kier alpha value is -2.90. The zero-order valence-electron chi connectivity index (χ0n) is 18.6. The average molecular weight is 453 g/mol. The van der Waals surface area contributed by atoms with E-state index in [2.05, 4.69) is 6.07 Å². The van der Waals surface area contributed by atoms with Crippen molar-refractivity contribution in [2.45, 2.75) is 37.7 Å². The lowest BCUT2D eigenvalue weighted by Gasteiger charge is -2.31. The normalized spacial score (nSPS) is 15.6. The van der Waals surface area contributed by atoms with E-state index in [0.717, 1.165) is 22.4 Å². The Bertz CT molecular complexity index is 1270. The van der Waals surface area contributed by atoms with Crippen LogP contribution in [0.5, 0.6) is 5.75 Å². The second kappa shape index (κ2) is 8.92. The molecule has 0 atom stereocenters. The molecule has 4 rings (SSSR count). The first-order chi connectivity index (χ1) is 15.2. The van der Waals surface area contributed by atoms with Crippen LogP contribution < -0.4 is 10.3 Å². The predicted octanol–water partition coefficient (Wildman–Crippen LogP) is 3.90. The van der Waals surface area contributed by atoms with Crippen molar-refractivity contribution in [3.63, 3.8) is 0 Å². The molecular formula is C25H28N2O4S. The summed E-state index contributed by atoms with van der Waals surface area (Å²) in [5.41, 5.74) is 3.92. The molecule has 1 aromatic heterocycles. The molecule has 1 saturated heterocycles. The van der Waals surface area contributed by atoms with E-state index >= 15 is 0 Å². The fourth-order valence-electron chi connectivity index (χ4n) is 3.98. The van der Waals surface area contributed by atoms with Crippen LogP contribution in [-0.2, 0) is 17.1 Å². The Balaban J connectivity index is 1.42. The Morgan fingerprint density at radius 2 is 1.59 bits per heavy atom. The van der Waals surface area contributed by atoms with Crippen LogP contribution in [0.15, 0.2) is 70.4 Å². The summed E-state index contributed by atoms with van der Waals surface area (Å²) < 4.78 is 35.3. The maximum Gasteiger partial charge on any atom is 0.254 e. The first-order valence-electron chi connectivity index (χ1n) is 10.8. The number of piperidine rings is 1. The summed E-state index contributed by atoms with van der Waals surface area (Å²) in [6.07, 6.45) is 1.04. The molecule has 2 heterocycles. The molecule has 7 heteroatoms. The molecule has 3 aromatic rings. The second-order valence-corrected chi connectivity index (χ2v) is 10.3. The summed E-state index contributed by atoms with van der Waals surface area (Å²) in [6, 6.07) is 18.5. The van der Waals surface area contributed by atoms with Crippen molar-refractivity contribution < 1.29 is 13.2 Å². The number of pyridine rings is 1. The van der Waals surface area contributed by atoms with Gasteiger partial charge in [0, 0.05) is 31.9 Å². The monoisotopic (exact) mass is 452 g/mol. The maximum absolute atomic E-state index is 13.1. The van der Waals surface area contributed by atoms with Gasteiger partial charge in [-0.25, -0.2) is 8.42 Å². The van der Waals surface area contributed by atoms with Gasteiger partial charge in [0.1, 0.15) is 11.9 Å². The van der Waals surface area contributed by atoms with Crippen LogP contribution in [-0.4, -0.2) is 36.5 Å². The summed E-state index contributed by atoms with van der Waals surface area (Å²) in [6.45, 7) is 4.66. The van der Waals surface area contributed by atoms with Gasteiger partial charge in [-0.05, 0) is 56.0 Å². The third-order valence-electron chi connectivity index (χ3n) is 6.02. The highest BCUT2D eigenvalue weighted by molar-refractivity contribution is 7.89. The molecule has 0 radical (unpaired) electrons. The largest absolute Gasteiger partial charge is 0.490 e. The van der Waals surface area contributed by atoms with Gasteiger partial charge in [0.2, 0.25) is 10.0 Å². The molecule has 0 spiro atoms. The Morgan fingerprint density at radius 1 is 0.906 bits per heavy atom. The second-order valence-electron chi connectivity index (χ2n) is 8.34. The Kier molecular flexibility index (Phi) is 6.22. The third-order valence-corrected chi connectivity index (χ3v) is 7.94. The number of benzene rings is 2. The van der Waals surface area contributed by atoms with E-state index in [4.69, 9.17) is 4.74 Å². The van der Waals surface area contributed by atoms with E-state index in [9.17, 15) is 13.2 Å². The minimum Gasteiger partial charge on any atom is -0.490 e. The average Bonchev–Trinajstić information content (AvgIpc) is 2.78. The fraction of sp³-hybridized carbons (Fsp3) is 0.320. The van der Waals surface area contributed by atoms with E-state index in [1.807, 2.05) is 50.2 Å². The van der Waals surface area contributed by atoms with E-state index < -0.39 is 10.0 Å². The molecule has 32 heavy (non-hydrogen) atoms. The van der Waals surface area contributed by atoms with Crippen LogP contribution in [0.1, 0.15) is 24.1 Å². The van der Waals surface area contributed by atoms with Crippen LogP contribution in [0.2, 0.25) is 0 Å². The van der Waals surface area contributed by atoms with Crippen molar-refractivity contribution in [1.82, 2.24) is 8.87 Å². The first-order valence-corrected chi connectivity index (χ1v) is 12.2. The van der Waals surface area contributed by atoms with E-state index in [1.54, 1.807) is 23.7 Å². The Labute approximate surface area is 189 Å². The molecule has 0 N–H and O–H groups in total. The summed E-state index contributed by atoms with van der Waals surface area (Å²) in [7, 11) is -1.84. The standard InChI is InChI=1S/C25H28N2O4S/c1-18-5-4-6-21(15-18)20-7-9-24(10-8-20)32(29,30)27-13-11-22(12-14-27)31-23-16-19(2)26(3)25(28)17-23/h4-10,15-17,22H,11-14H2,1-3H3. The molecule has 1 aliphatic heterocycles. The maximum atomic E-state index is 13.1. The van der Waals surface area contributed by atoms with E-state index in [0.29, 0.717) is 36.6 Å². The van der Waals surface area contributed by atoms with Gasteiger partial charge in [-0.2, -0.15) is 4.31 Å². The molecule has 0 bridgehead atoms. The molecule has 0 unspecified atom stereocenters. The van der Waals surface area contributed by atoms with E-state index in [-0.39, 0.29) is 11.7 Å². The summed E-state index contributed by atoms with van der Waals surface area (Å²) >= 11 is 0. The van der Waals surface area contributed by atoms with Crippen LogP contribution in [0, 0.1) is 13.8 Å². The number of aromatic nitrogens is 1. The summed E-state index contributed by atoms with van der Waals surface area (Å²) in [4.78, 5) is 12.3. The first kappa shape index (κ1) is 22.3. The quantitative estimate of drug-likeness (QED) is 0.589. The van der Waals surface area contributed by atoms with Crippen LogP contribution in [0.25, 0.3) is 11.1 Å². The highest BCUT2D eigenvalue weighted by atomic mass is 32.2. The van der Waals surface area contributed by atoms with Gasteiger partial charge in [-0.3, -0.25) is 4.79 Å². The highest BCUT2D eigenvalue weighted by Crippen LogP contribution is 2.26. The van der Waals surface area contributed by atoms with Crippen LogP contribution in [0.4, 0.5) is 0 Å². The molecule has 0 saturated carbocycles. The molecule has 2 aromatic carbocycles. The van der Waals surface area contributed by atoms with Gasteiger partial charge in [0.25, 0.3) is 5.56 Å². The topological polar surface area (TPSA) is 68.6 Å². The summed E-state index contributed by atoms with van der Waals surface area (Å²) in [5.74, 6) is 0.540. The number of ether oxygens (including phenoxy) is 1. The SMILES string of the molecule is Cc1cccc(-c2ccc(S(=O)(=O)N3CCC(Oc4cc(C)n(C)c(=O)c4)CC3)cc2)c1. The fourth-order valence-corrected chi connectivity index (χ4v) is 5.45. The molecule has 1 aliphatic rings. The molecule has 0 amide bonds. The minimum absolute atomic E-state index is 0.114. The van der Waals surface area contributed by atoms with Crippen LogP contribution in [0.3, 0.4) is 0 Å². The lowest BCUT2D eigenvalue weighted by atomic mass is 10.0. The zero-order chi connectivity index (χ0) is 22.9. The van der Waals surface area contributed by atoms with E-state index in [1.165, 1.54) is 10.4 Å². The molecule has 0 aliphatic carbocycles. The zero-order valence-corrected chi connectivity index (χ0v) is 19.4. The van der Waals surface area contributed by atoms with Crippen molar-refractivity contribution in [1.29, 1.82) is 0 Å². The Morgan fingerprint density at radius 3 is 2.22 bits per heavy atom. The highest BCUT2D eigenvalue weighted by Gasteiger charge is 2.30. The van der Waals surface area contributed by atoms with Gasteiger partial charge in [-0.1, -0.05) is 42.0 Å². The third kappa shape index (κ3) is 4.64. The smallest absolute Gasteiger partial charge is 0.254 e. The van der Waals surface area contributed by atoms with Crippen molar-refractivity contribution in [2.24, 2.45) is 7.05 Å². The van der Waals surface area contributed by atoms with Crippen molar-refractivity contribution >= 4 is 10.0 Å². The van der Waals surface area contributed by atoms with Crippen molar-refractivity contribution in [3.05, 3.63) is 82.3 Å². The molecule has 1 fully saturated rings.